The maximum Gasteiger partial charge on any atom is 0.344 e. The Balaban J connectivity index is 1.36. The van der Waals surface area contributed by atoms with Crippen LogP contribution in [0.2, 0.25) is 0 Å². The van der Waals surface area contributed by atoms with Crippen LogP contribution in [0.4, 0.5) is 0 Å². The second-order valence-electron chi connectivity index (χ2n) is 11.7. The minimum absolute atomic E-state index is 0.140. The molecule has 3 aromatic carbocycles. The third kappa shape index (κ3) is 9.29. The minimum Gasteiger partial charge on any atom is -0.492 e. The zero-order valence-corrected chi connectivity index (χ0v) is 27.8. The number of hydrogen-bond donors (Lipinski definition) is 0. The Morgan fingerprint density at radius 3 is 1.91 bits per heavy atom. The molecule has 9 nitrogen and oxygen atoms in total. The predicted molar refractivity (Wildman–Crippen MR) is 182 cm³/mol. The number of nitrogens with zero attached hydrogens (tertiary/aromatic N) is 2. The number of carbonyl (C=O) groups excluding carboxylic acids is 2. The Hall–Kier alpha value is -4.50. The summed E-state index contributed by atoms with van der Waals surface area (Å²) in [5.74, 6) is 1.26. The molecule has 0 radical (unpaired) electrons. The summed E-state index contributed by atoms with van der Waals surface area (Å²) in [6, 6.07) is 21.9. The second-order valence-corrected chi connectivity index (χ2v) is 11.7. The van der Waals surface area contributed by atoms with E-state index in [2.05, 4.69) is 28.5 Å². The van der Waals surface area contributed by atoms with E-state index in [0.29, 0.717) is 37.9 Å². The Morgan fingerprint density at radius 2 is 1.28 bits per heavy atom. The number of aryl methyl sites for hydroxylation is 1. The molecule has 1 aliphatic rings. The number of benzene rings is 3. The van der Waals surface area contributed by atoms with Crippen molar-refractivity contribution in [1.82, 2.24) is 9.47 Å². The van der Waals surface area contributed by atoms with Crippen LogP contribution < -0.4 is 14.2 Å². The van der Waals surface area contributed by atoms with Gasteiger partial charge < -0.3 is 28.3 Å². The van der Waals surface area contributed by atoms with Gasteiger partial charge in [0, 0.05) is 24.0 Å². The molecule has 1 aromatic heterocycles. The number of ether oxygens (including phenoxy) is 5. The highest BCUT2D eigenvalue weighted by atomic mass is 16.6. The molecular formula is C38H46N2O7. The Bertz CT molecular complexity index is 1600. The summed E-state index contributed by atoms with van der Waals surface area (Å²) in [6.07, 6.45) is 5.22. The van der Waals surface area contributed by atoms with E-state index in [0.717, 1.165) is 58.7 Å². The Labute approximate surface area is 277 Å². The Kier molecular flexibility index (Phi) is 12.2. The van der Waals surface area contributed by atoms with E-state index in [4.69, 9.17) is 23.7 Å². The first kappa shape index (κ1) is 33.9. The highest BCUT2D eigenvalue weighted by Gasteiger charge is 2.18. The molecule has 1 fully saturated rings. The molecule has 9 heteroatoms. The molecule has 0 N–H and O–H groups in total. The first-order valence-corrected chi connectivity index (χ1v) is 16.7. The lowest BCUT2D eigenvalue weighted by molar-refractivity contribution is -0.146. The van der Waals surface area contributed by atoms with Gasteiger partial charge in [-0.15, -0.1) is 0 Å². The fourth-order valence-electron chi connectivity index (χ4n) is 6.05. The molecule has 1 aliphatic heterocycles. The maximum atomic E-state index is 11.9. The number of aromatic nitrogens is 1. The van der Waals surface area contributed by atoms with Crippen LogP contribution in [0.3, 0.4) is 0 Å². The van der Waals surface area contributed by atoms with Gasteiger partial charge in [-0.05, 0) is 118 Å². The Morgan fingerprint density at radius 1 is 0.702 bits per heavy atom. The minimum atomic E-state index is -0.401. The van der Waals surface area contributed by atoms with Crippen molar-refractivity contribution in [3.8, 4) is 28.5 Å². The van der Waals surface area contributed by atoms with Crippen molar-refractivity contribution in [3.63, 3.8) is 0 Å². The van der Waals surface area contributed by atoms with Crippen LogP contribution in [-0.2, 0) is 25.6 Å². The van der Waals surface area contributed by atoms with Gasteiger partial charge in [0.1, 0.15) is 23.9 Å². The predicted octanol–water partition coefficient (Wildman–Crippen LogP) is 6.80. The average molecular weight is 643 g/mol. The summed E-state index contributed by atoms with van der Waals surface area (Å²) in [6.45, 7) is 10.6. The lowest BCUT2D eigenvalue weighted by Gasteiger charge is -2.19. The maximum absolute atomic E-state index is 11.9. The molecule has 47 heavy (non-hydrogen) atoms. The molecule has 0 saturated carbocycles. The van der Waals surface area contributed by atoms with Gasteiger partial charge in [-0.2, -0.15) is 0 Å². The molecule has 0 aliphatic carbocycles. The summed E-state index contributed by atoms with van der Waals surface area (Å²) in [5, 5.41) is 1.03. The smallest absolute Gasteiger partial charge is 0.344 e. The van der Waals surface area contributed by atoms with E-state index >= 15 is 0 Å². The van der Waals surface area contributed by atoms with E-state index in [1.165, 1.54) is 25.7 Å². The van der Waals surface area contributed by atoms with Gasteiger partial charge >= 0.3 is 11.9 Å². The van der Waals surface area contributed by atoms with Crippen molar-refractivity contribution in [2.45, 2.75) is 53.0 Å². The fraction of sp³-hybridized carbons (Fsp3) is 0.421. The molecule has 2 heterocycles. The number of fused-ring (bicyclic) bond motifs is 1. The largest absolute Gasteiger partial charge is 0.492 e. The third-order valence-corrected chi connectivity index (χ3v) is 8.38. The molecule has 5 rings (SSSR count). The van der Waals surface area contributed by atoms with E-state index in [9.17, 15) is 9.59 Å². The number of hydrogen-bond acceptors (Lipinski definition) is 8. The van der Waals surface area contributed by atoms with Gasteiger partial charge in [-0.3, -0.25) is 4.90 Å². The fourth-order valence-corrected chi connectivity index (χ4v) is 6.05. The summed E-state index contributed by atoms with van der Waals surface area (Å²) < 4.78 is 29.8. The lowest BCUT2D eigenvalue weighted by Crippen LogP contribution is -2.29. The van der Waals surface area contributed by atoms with Crippen molar-refractivity contribution in [1.29, 1.82) is 0 Å². The SMILES string of the molecule is CCOC(=O)COc1ccc(-c2c(C)c3cc(OCC(=O)OCC)ccc3n2Cc2ccc(OCCN3CCCCCC3)cc2)cc1. The second kappa shape index (κ2) is 16.9. The van der Waals surface area contributed by atoms with Gasteiger partial charge in [0.25, 0.3) is 0 Å². The van der Waals surface area contributed by atoms with Crippen LogP contribution in [0.1, 0.15) is 50.7 Å². The zero-order chi connectivity index (χ0) is 33.0. The number of likely N-dealkylation sites (tertiary alicyclic amines) is 1. The van der Waals surface area contributed by atoms with Crippen molar-refractivity contribution < 1.29 is 33.3 Å². The zero-order valence-electron chi connectivity index (χ0n) is 27.8. The van der Waals surface area contributed by atoms with Crippen molar-refractivity contribution >= 4 is 22.8 Å². The molecule has 1 saturated heterocycles. The topological polar surface area (TPSA) is 88.5 Å². The van der Waals surface area contributed by atoms with Gasteiger partial charge in [-0.25, -0.2) is 9.59 Å². The summed E-state index contributed by atoms with van der Waals surface area (Å²) >= 11 is 0. The third-order valence-electron chi connectivity index (χ3n) is 8.38. The molecule has 250 valence electrons. The molecular weight excluding hydrogens is 596 g/mol. The normalized spacial score (nSPS) is 13.6. The molecule has 4 aromatic rings. The molecule has 0 spiro atoms. The lowest BCUT2D eigenvalue weighted by atomic mass is 10.1. The van der Waals surface area contributed by atoms with Gasteiger partial charge in [-0.1, -0.05) is 25.0 Å². The van der Waals surface area contributed by atoms with Crippen LogP contribution in [0.25, 0.3) is 22.2 Å². The first-order valence-electron chi connectivity index (χ1n) is 16.7. The van der Waals surface area contributed by atoms with Crippen LogP contribution in [0.15, 0.2) is 66.7 Å². The van der Waals surface area contributed by atoms with Crippen LogP contribution in [-0.4, -0.2) is 74.1 Å². The average Bonchev–Trinajstić information content (AvgIpc) is 3.21. The van der Waals surface area contributed by atoms with Crippen LogP contribution in [0, 0.1) is 6.92 Å². The number of esters is 2. The van der Waals surface area contributed by atoms with Gasteiger partial charge in [0.05, 0.1) is 18.9 Å². The number of rotatable bonds is 15. The molecule has 0 atom stereocenters. The highest BCUT2D eigenvalue weighted by Crippen LogP contribution is 2.36. The quantitative estimate of drug-likeness (QED) is 0.131. The van der Waals surface area contributed by atoms with E-state index in [1.54, 1.807) is 13.8 Å². The standard InChI is InChI=1S/C38H46N2O7/c1-4-43-36(41)26-46-32-16-12-30(13-17-32)38-28(3)34-24-33(47-27-37(42)44-5-2)18-19-35(34)40(38)25-29-10-14-31(15-11-29)45-23-22-39-20-8-6-7-9-21-39/h10-19,24H,4-9,20-23,25-27H2,1-3H3. The summed E-state index contributed by atoms with van der Waals surface area (Å²) in [7, 11) is 0. The molecule has 0 amide bonds. The van der Waals surface area contributed by atoms with Crippen LogP contribution in [0.5, 0.6) is 17.2 Å². The molecule has 0 unspecified atom stereocenters. The monoisotopic (exact) mass is 642 g/mol. The van der Waals surface area contributed by atoms with Crippen molar-refractivity contribution in [3.05, 3.63) is 77.9 Å². The molecule has 0 bridgehead atoms. The van der Waals surface area contributed by atoms with Crippen molar-refractivity contribution in [2.24, 2.45) is 0 Å². The van der Waals surface area contributed by atoms with E-state index in [-0.39, 0.29) is 13.2 Å². The van der Waals surface area contributed by atoms with Crippen LogP contribution >= 0.6 is 0 Å². The first-order chi connectivity index (χ1) is 22.9. The number of carbonyl (C=O) groups is 2. The van der Waals surface area contributed by atoms with E-state index in [1.807, 2.05) is 54.6 Å². The summed E-state index contributed by atoms with van der Waals surface area (Å²) in [4.78, 5) is 26.2. The van der Waals surface area contributed by atoms with Crippen molar-refractivity contribution in [2.75, 3.05) is 52.7 Å². The van der Waals surface area contributed by atoms with Gasteiger partial charge in [0.15, 0.2) is 13.2 Å². The summed E-state index contributed by atoms with van der Waals surface area (Å²) in [5.41, 5.74) is 5.32. The van der Waals surface area contributed by atoms with Gasteiger partial charge in [0.2, 0.25) is 0 Å². The van der Waals surface area contributed by atoms with E-state index < -0.39 is 11.9 Å². The highest BCUT2D eigenvalue weighted by molar-refractivity contribution is 5.92.